The van der Waals surface area contributed by atoms with Gasteiger partial charge < -0.3 is 10.2 Å². The number of amides is 1. The Balaban J connectivity index is 1.85. The molecule has 0 atom stereocenters. The van der Waals surface area contributed by atoms with Crippen LogP contribution in [0.4, 0.5) is 11.4 Å². The largest absolute Gasteiger partial charge is 0.352 e. The number of sulfonamides is 1. The Labute approximate surface area is 175 Å². The Morgan fingerprint density at radius 1 is 1.13 bits per heavy atom. The van der Waals surface area contributed by atoms with Crippen LogP contribution in [0, 0.1) is 10.1 Å². The Hall–Kier alpha value is -2.98. The number of nitro groups is 1. The number of carbonyl (C=O) groups excluding carboxylic acids is 1. The first-order chi connectivity index (χ1) is 14.3. The van der Waals surface area contributed by atoms with Gasteiger partial charge in [-0.15, -0.1) is 0 Å². The monoisotopic (exact) mass is 432 g/mol. The SMILES string of the molecule is CN1CCC(NC(=O)CN(c2ccc([N+](=O)[O-])cc2)S(=O)(=O)c2ccccc2)CC1. The average Bonchev–Trinajstić information content (AvgIpc) is 2.74. The molecule has 160 valence electrons. The fraction of sp³-hybridized carbons (Fsp3) is 0.350. The highest BCUT2D eigenvalue weighted by atomic mass is 32.2. The van der Waals surface area contributed by atoms with E-state index in [4.69, 9.17) is 0 Å². The van der Waals surface area contributed by atoms with Crippen LogP contribution in [0.5, 0.6) is 0 Å². The van der Waals surface area contributed by atoms with Crippen molar-refractivity contribution in [3.05, 3.63) is 64.7 Å². The standard InChI is InChI=1S/C20H24N4O5S/c1-22-13-11-16(12-14-22)21-20(25)15-23(17-7-9-18(10-8-17)24(26)27)30(28,29)19-5-3-2-4-6-19/h2-10,16H,11-15H2,1H3,(H,21,25). The maximum absolute atomic E-state index is 13.2. The summed E-state index contributed by atoms with van der Waals surface area (Å²) < 4.78 is 27.4. The van der Waals surface area contributed by atoms with Gasteiger partial charge in [0.15, 0.2) is 0 Å². The van der Waals surface area contributed by atoms with Crippen molar-refractivity contribution in [2.45, 2.75) is 23.8 Å². The smallest absolute Gasteiger partial charge is 0.269 e. The van der Waals surface area contributed by atoms with Crippen LogP contribution < -0.4 is 9.62 Å². The van der Waals surface area contributed by atoms with Gasteiger partial charge in [0.1, 0.15) is 6.54 Å². The van der Waals surface area contributed by atoms with Crippen LogP contribution in [0.25, 0.3) is 0 Å². The molecule has 0 unspecified atom stereocenters. The Bertz CT molecular complexity index is 988. The molecule has 3 rings (SSSR count). The molecule has 1 heterocycles. The second kappa shape index (κ2) is 9.23. The summed E-state index contributed by atoms with van der Waals surface area (Å²) >= 11 is 0. The summed E-state index contributed by atoms with van der Waals surface area (Å²) in [6.07, 6.45) is 1.59. The molecule has 0 spiro atoms. The van der Waals surface area contributed by atoms with E-state index in [1.165, 1.54) is 36.4 Å². The number of hydrogen-bond acceptors (Lipinski definition) is 6. The molecule has 1 amide bonds. The van der Waals surface area contributed by atoms with Crippen LogP contribution in [0.2, 0.25) is 0 Å². The predicted molar refractivity (Wildman–Crippen MR) is 113 cm³/mol. The van der Waals surface area contributed by atoms with E-state index in [2.05, 4.69) is 10.2 Å². The van der Waals surface area contributed by atoms with Crippen molar-refractivity contribution < 1.29 is 18.1 Å². The van der Waals surface area contributed by atoms with Gasteiger partial charge >= 0.3 is 0 Å². The lowest BCUT2D eigenvalue weighted by Crippen LogP contribution is -2.47. The van der Waals surface area contributed by atoms with Crippen LogP contribution in [0.1, 0.15) is 12.8 Å². The van der Waals surface area contributed by atoms with Crippen LogP contribution in [0.3, 0.4) is 0 Å². The molecule has 1 saturated heterocycles. The van der Waals surface area contributed by atoms with E-state index in [0.717, 1.165) is 30.2 Å². The Morgan fingerprint density at radius 2 is 1.73 bits per heavy atom. The zero-order chi connectivity index (χ0) is 21.7. The van der Waals surface area contributed by atoms with Crippen molar-refractivity contribution in [1.82, 2.24) is 10.2 Å². The minimum atomic E-state index is -4.04. The Kier molecular flexibility index (Phi) is 6.68. The van der Waals surface area contributed by atoms with Gasteiger partial charge in [0, 0.05) is 18.2 Å². The van der Waals surface area contributed by atoms with Gasteiger partial charge in [-0.2, -0.15) is 0 Å². The molecule has 0 bridgehead atoms. The number of rotatable bonds is 7. The van der Waals surface area contributed by atoms with Gasteiger partial charge in [0.2, 0.25) is 5.91 Å². The van der Waals surface area contributed by atoms with Crippen molar-refractivity contribution in [3.63, 3.8) is 0 Å². The van der Waals surface area contributed by atoms with Crippen molar-refractivity contribution in [2.24, 2.45) is 0 Å². The number of carbonyl (C=O) groups is 1. The van der Waals surface area contributed by atoms with E-state index < -0.39 is 27.4 Å². The van der Waals surface area contributed by atoms with E-state index in [1.54, 1.807) is 18.2 Å². The maximum Gasteiger partial charge on any atom is 0.269 e. The lowest BCUT2D eigenvalue weighted by molar-refractivity contribution is -0.384. The number of hydrogen-bond donors (Lipinski definition) is 1. The maximum atomic E-state index is 13.2. The van der Waals surface area contributed by atoms with Crippen LogP contribution in [-0.4, -0.2) is 56.9 Å². The number of nitrogens with one attached hydrogen (secondary N) is 1. The van der Waals surface area contributed by atoms with Crippen molar-refractivity contribution >= 4 is 27.3 Å². The third-order valence-corrected chi connectivity index (χ3v) is 6.84. The van der Waals surface area contributed by atoms with Crippen molar-refractivity contribution in [3.8, 4) is 0 Å². The van der Waals surface area contributed by atoms with Gasteiger partial charge in [-0.3, -0.25) is 19.2 Å². The summed E-state index contributed by atoms with van der Waals surface area (Å²) in [5.41, 5.74) is 0.0227. The molecule has 0 saturated carbocycles. The predicted octanol–water partition coefficient (Wildman–Crippen LogP) is 2.00. The third-order valence-electron chi connectivity index (χ3n) is 5.05. The molecule has 1 N–H and O–H groups in total. The highest BCUT2D eigenvalue weighted by Gasteiger charge is 2.28. The molecular weight excluding hydrogens is 408 g/mol. The molecule has 10 heteroatoms. The van der Waals surface area contributed by atoms with Gasteiger partial charge in [0.25, 0.3) is 15.7 Å². The van der Waals surface area contributed by atoms with E-state index in [-0.39, 0.29) is 22.3 Å². The number of piperidine rings is 1. The summed E-state index contributed by atoms with van der Waals surface area (Å²) in [6, 6.07) is 12.9. The first-order valence-corrected chi connectivity index (χ1v) is 11.0. The summed E-state index contributed by atoms with van der Waals surface area (Å²) in [5.74, 6) is -0.414. The molecule has 0 aromatic heterocycles. The molecule has 30 heavy (non-hydrogen) atoms. The second-order valence-electron chi connectivity index (χ2n) is 7.24. The number of nitrogens with zero attached hydrogens (tertiary/aromatic N) is 3. The quantitative estimate of drug-likeness (QED) is 0.529. The molecule has 0 radical (unpaired) electrons. The van der Waals surface area contributed by atoms with Crippen molar-refractivity contribution in [1.29, 1.82) is 0 Å². The lowest BCUT2D eigenvalue weighted by atomic mass is 10.1. The first kappa shape index (κ1) is 21.7. The minimum Gasteiger partial charge on any atom is -0.352 e. The van der Waals surface area contributed by atoms with Crippen LogP contribution in [0.15, 0.2) is 59.5 Å². The van der Waals surface area contributed by atoms with E-state index >= 15 is 0 Å². The van der Waals surface area contributed by atoms with Crippen LogP contribution >= 0.6 is 0 Å². The molecule has 1 aliphatic heterocycles. The fourth-order valence-electron chi connectivity index (χ4n) is 3.33. The molecule has 1 fully saturated rings. The summed E-state index contributed by atoms with van der Waals surface area (Å²) in [7, 11) is -2.02. The third kappa shape index (κ3) is 5.14. The van der Waals surface area contributed by atoms with E-state index in [0.29, 0.717) is 0 Å². The number of anilines is 1. The number of benzene rings is 2. The Morgan fingerprint density at radius 3 is 2.30 bits per heavy atom. The molecule has 2 aromatic carbocycles. The molecule has 2 aromatic rings. The number of nitro benzene ring substituents is 1. The van der Waals surface area contributed by atoms with E-state index in [1.807, 2.05) is 7.05 Å². The fourth-order valence-corrected chi connectivity index (χ4v) is 4.77. The number of likely N-dealkylation sites (tertiary alicyclic amines) is 1. The van der Waals surface area contributed by atoms with Crippen LogP contribution in [-0.2, 0) is 14.8 Å². The van der Waals surface area contributed by atoms with Gasteiger partial charge in [-0.25, -0.2) is 8.42 Å². The minimum absolute atomic E-state index is 0.00756. The van der Waals surface area contributed by atoms with Gasteiger partial charge in [-0.05, 0) is 57.2 Å². The number of non-ortho nitro benzene ring substituents is 1. The summed E-state index contributed by atoms with van der Waals surface area (Å²) in [4.78, 5) is 25.3. The highest BCUT2D eigenvalue weighted by Crippen LogP contribution is 2.25. The topological polar surface area (TPSA) is 113 Å². The lowest BCUT2D eigenvalue weighted by Gasteiger charge is -2.30. The summed E-state index contributed by atoms with van der Waals surface area (Å²) in [5, 5.41) is 13.8. The van der Waals surface area contributed by atoms with Gasteiger partial charge in [-0.1, -0.05) is 18.2 Å². The van der Waals surface area contributed by atoms with E-state index in [9.17, 15) is 23.3 Å². The molecule has 9 nitrogen and oxygen atoms in total. The first-order valence-electron chi connectivity index (χ1n) is 9.57. The molecule has 0 aliphatic carbocycles. The highest BCUT2D eigenvalue weighted by molar-refractivity contribution is 7.92. The average molecular weight is 433 g/mol. The summed E-state index contributed by atoms with van der Waals surface area (Å²) in [6.45, 7) is 1.31. The second-order valence-corrected chi connectivity index (χ2v) is 9.11. The zero-order valence-electron chi connectivity index (χ0n) is 16.6. The zero-order valence-corrected chi connectivity index (χ0v) is 17.4. The normalized spacial score (nSPS) is 15.5. The van der Waals surface area contributed by atoms with Crippen molar-refractivity contribution in [2.75, 3.05) is 31.0 Å². The molecule has 1 aliphatic rings. The van der Waals surface area contributed by atoms with Gasteiger partial charge in [0.05, 0.1) is 15.5 Å². The molecular formula is C20H24N4O5S.